The van der Waals surface area contributed by atoms with E-state index < -0.39 is 0 Å². The average Bonchev–Trinajstić information content (AvgIpc) is 2.37. The molecule has 0 unspecified atom stereocenters. The van der Waals surface area contributed by atoms with Crippen LogP contribution in [0.2, 0.25) is 0 Å². The van der Waals surface area contributed by atoms with Gasteiger partial charge >= 0.3 is 0 Å². The predicted molar refractivity (Wildman–Crippen MR) is 75.4 cm³/mol. The molecule has 0 radical (unpaired) electrons. The Bertz CT molecular complexity index is 371. The van der Waals surface area contributed by atoms with Gasteiger partial charge in [-0.2, -0.15) is 0 Å². The number of halogens is 1. The molecular formula is C13H20BrNO3. The lowest BCUT2D eigenvalue weighted by Gasteiger charge is -2.13. The van der Waals surface area contributed by atoms with E-state index in [4.69, 9.17) is 14.2 Å². The van der Waals surface area contributed by atoms with Gasteiger partial charge in [0.15, 0.2) is 11.5 Å². The molecule has 1 aromatic carbocycles. The van der Waals surface area contributed by atoms with Gasteiger partial charge in [-0.15, -0.1) is 0 Å². The maximum atomic E-state index is 5.54. The van der Waals surface area contributed by atoms with E-state index in [0.29, 0.717) is 13.2 Å². The second-order valence-corrected chi connectivity index (χ2v) is 4.57. The number of hydrogen-bond acceptors (Lipinski definition) is 4. The predicted octanol–water partition coefficient (Wildman–Crippen LogP) is 2.59. The van der Waals surface area contributed by atoms with Gasteiger partial charge in [0.05, 0.1) is 24.8 Å². The van der Waals surface area contributed by atoms with E-state index in [1.54, 1.807) is 14.2 Å². The fourth-order valence-corrected chi connectivity index (χ4v) is 2.17. The largest absolute Gasteiger partial charge is 0.493 e. The molecule has 5 heteroatoms. The summed E-state index contributed by atoms with van der Waals surface area (Å²) in [5, 5.41) is 3.29. The van der Waals surface area contributed by atoms with Gasteiger partial charge in [0.25, 0.3) is 0 Å². The first-order valence-corrected chi connectivity index (χ1v) is 6.71. The van der Waals surface area contributed by atoms with Gasteiger partial charge < -0.3 is 19.5 Å². The van der Waals surface area contributed by atoms with Gasteiger partial charge in [0.1, 0.15) is 0 Å². The molecule has 102 valence electrons. The Morgan fingerprint density at radius 1 is 1.28 bits per heavy atom. The Labute approximate surface area is 117 Å². The molecule has 1 aromatic rings. The van der Waals surface area contributed by atoms with Crippen molar-refractivity contribution in [3.8, 4) is 11.5 Å². The molecule has 4 nitrogen and oxygen atoms in total. The van der Waals surface area contributed by atoms with Crippen molar-refractivity contribution < 1.29 is 14.2 Å². The molecule has 0 heterocycles. The summed E-state index contributed by atoms with van der Waals surface area (Å²) in [4.78, 5) is 0. The minimum Gasteiger partial charge on any atom is -0.493 e. The maximum absolute atomic E-state index is 5.54. The quantitative estimate of drug-likeness (QED) is 0.748. The first-order chi connectivity index (χ1) is 8.72. The van der Waals surface area contributed by atoms with Crippen molar-refractivity contribution in [3.05, 3.63) is 22.2 Å². The number of hydrogen-bond donors (Lipinski definition) is 1. The van der Waals surface area contributed by atoms with Crippen LogP contribution < -0.4 is 14.8 Å². The molecule has 0 amide bonds. The molecular weight excluding hydrogens is 298 g/mol. The maximum Gasteiger partial charge on any atom is 0.175 e. The standard InChI is InChI=1S/C13H20BrNO3/c1-4-18-13-11(14)7-10(8-12(13)17-3)9-15-5-6-16-2/h7-8,15H,4-6,9H2,1-3H3. The third kappa shape index (κ3) is 4.48. The fraction of sp³-hybridized carbons (Fsp3) is 0.538. The van der Waals surface area contributed by atoms with E-state index in [1.165, 1.54) is 0 Å². The highest BCUT2D eigenvalue weighted by molar-refractivity contribution is 9.10. The van der Waals surface area contributed by atoms with Gasteiger partial charge in [-0.25, -0.2) is 0 Å². The second-order valence-electron chi connectivity index (χ2n) is 3.71. The van der Waals surface area contributed by atoms with Crippen molar-refractivity contribution in [2.75, 3.05) is 34.0 Å². The minimum absolute atomic E-state index is 0.612. The summed E-state index contributed by atoms with van der Waals surface area (Å²) in [5.41, 5.74) is 1.14. The lowest BCUT2D eigenvalue weighted by Crippen LogP contribution is -2.18. The first kappa shape index (κ1) is 15.3. The van der Waals surface area contributed by atoms with Crippen LogP contribution >= 0.6 is 15.9 Å². The number of methoxy groups -OCH3 is 2. The highest BCUT2D eigenvalue weighted by Crippen LogP contribution is 2.36. The van der Waals surface area contributed by atoms with Crippen molar-refractivity contribution in [2.24, 2.45) is 0 Å². The van der Waals surface area contributed by atoms with Gasteiger partial charge in [0.2, 0.25) is 0 Å². The SMILES string of the molecule is CCOc1c(Br)cc(CNCCOC)cc1OC. The third-order valence-electron chi connectivity index (χ3n) is 2.39. The summed E-state index contributed by atoms with van der Waals surface area (Å²) in [5.74, 6) is 1.50. The van der Waals surface area contributed by atoms with E-state index >= 15 is 0 Å². The van der Waals surface area contributed by atoms with Crippen LogP contribution in [0.3, 0.4) is 0 Å². The monoisotopic (exact) mass is 317 g/mol. The molecule has 1 N–H and O–H groups in total. The number of benzene rings is 1. The van der Waals surface area contributed by atoms with Crippen LogP contribution in [0.5, 0.6) is 11.5 Å². The fourth-order valence-electron chi connectivity index (χ4n) is 1.57. The van der Waals surface area contributed by atoms with E-state index in [2.05, 4.69) is 21.2 Å². The van der Waals surface area contributed by atoms with Gasteiger partial charge in [-0.1, -0.05) is 0 Å². The zero-order valence-electron chi connectivity index (χ0n) is 11.1. The molecule has 0 atom stereocenters. The molecule has 0 aliphatic carbocycles. The lowest BCUT2D eigenvalue weighted by atomic mass is 10.2. The van der Waals surface area contributed by atoms with E-state index in [-0.39, 0.29) is 0 Å². The van der Waals surface area contributed by atoms with Crippen molar-refractivity contribution in [2.45, 2.75) is 13.5 Å². The van der Waals surface area contributed by atoms with Crippen LogP contribution in [-0.2, 0) is 11.3 Å². The number of rotatable bonds is 8. The van der Waals surface area contributed by atoms with Crippen molar-refractivity contribution in [3.63, 3.8) is 0 Å². The molecule has 1 rings (SSSR count). The Morgan fingerprint density at radius 2 is 2.06 bits per heavy atom. The van der Waals surface area contributed by atoms with Crippen molar-refractivity contribution >= 4 is 15.9 Å². The summed E-state index contributed by atoms with van der Waals surface area (Å²) in [6.45, 7) is 4.86. The summed E-state index contributed by atoms with van der Waals surface area (Å²) in [6.07, 6.45) is 0. The zero-order valence-corrected chi connectivity index (χ0v) is 12.7. The van der Waals surface area contributed by atoms with Gasteiger partial charge in [-0.3, -0.25) is 0 Å². The van der Waals surface area contributed by atoms with Crippen molar-refractivity contribution in [1.29, 1.82) is 0 Å². The molecule has 0 saturated heterocycles. The highest BCUT2D eigenvalue weighted by Gasteiger charge is 2.10. The topological polar surface area (TPSA) is 39.7 Å². The van der Waals surface area contributed by atoms with Crippen LogP contribution in [0, 0.1) is 0 Å². The van der Waals surface area contributed by atoms with E-state index in [0.717, 1.165) is 34.6 Å². The summed E-state index contributed by atoms with van der Waals surface area (Å²) < 4.78 is 16.8. The third-order valence-corrected chi connectivity index (χ3v) is 2.98. The average molecular weight is 318 g/mol. The normalized spacial score (nSPS) is 10.4. The Kier molecular flexibility index (Phi) is 7.08. The smallest absolute Gasteiger partial charge is 0.175 e. The van der Waals surface area contributed by atoms with Crippen LogP contribution in [0.25, 0.3) is 0 Å². The molecule has 0 bridgehead atoms. The lowest BCUT2D eigenvalue weighted by molar-refractivity contribution is 0.199. The van der Waals surface area contributed by atoms with Crippen LogP contribution in [0.4, 0.5) is 0 Å². The first-order valence-electron chi connectivity index (χ1n) is 5.91. The van der Waals surface area contributed by atoms with Gasteiger partial charge in [-0.05, 0) is 40.5 Å². The Hall–Kier alpha value is -0.780. The van der Waals surface area contributed by atoms with E-state index in [1.807, 2.05) is 19.1 Å². The van der Waals surface area contributed by atoms with Gasteiger partial charge in [0, 0.05) is 20.2 Å². The van der Waals surface area contributed by atoms with Crippen molar-refractivity contribution in [1.82, 2.24) is 5.32 Å². The number of ether oxygens (including phenoxy) is 3. The van der Waals surface area contributed by atoms with Crippen LogP contribution in [0.1, 0.15) is 12.5 Å². The van der Waals surface area contributed by atoms with Crippen LogP contribution in [-0.4, -0.2) is 34.0 Å². The summed E-state index contributed by atoms with van der Waals surface area (Å²) in [7, 11) is 3.34. The molecule has 0 fully saturated rings. The second kappa shape index (κ2) is 8.34. The zero-order chi connectivity index (χ0) is 13.4. The molecule has 0 aliphatic rings. The van der Waals surface area contributed by atoms with Crippen LogP contribution in [0.15, 0.2) is 16.6 Å². The molecule has 0 saturated carbocycles. The number of nitrogens with one attached hydrogen (secondary N) is 1. The van der Waals surface area contributed by atoms with E-state index in [9.17, 15) is 0 Å². The summed E-state index contributed by atoms with van der Waals surface area (Å²) >= 11 is 3.50. The highest BCUT2D eigenvalue weighted by atomic mass is 79.9. The minimum atomic E-state index is 0.612. The molecule has 0 aromatic heterocycles. The Morgan fingerprint density at radius 3 is 2.67 bits per heavy atom. The molecule has 0 spiro atoms. The molecule has 18 heavy (non-hydrogen) atoms. The Balaban J connectivity index is 2.73. The summed E-state index contributed by atoms with van der Waals surface area (Å²) in [6, 6.07) is 4.02. The molecule has 0 aliphatic heterocycles.